The number of aryl methyl sites for hydroxylation is 2. The van der Waals surface area contributed by atoms with Gasteiger partial charge in [-0.3, -0.25) is 0 Å². The Bertz CT molecular complexity index is 707. The molecule has 2 unspecified atom stereocenters. The van der Waals surface area contributed by atoms with Gasteiger partial charge in [-0.05, 0) is 48.7 Å². The molecule has 0 aliphatic rings. The molecule has 5 nitrogen and oxygen atoms in total. The number of rotatable bonds is 6. The fraction of sp³-hybridized carbons (Fsp3) is 0.278. The number of anilines is 1. The van der Waals surface area contributed by atoms with E-state index in [0.29, 0.717) is 17.0 Å². The van der Waals surface area contributed by atoms with Gasteiger partial charge in [0, 0.05) is 10.6 Å². The van der Waals surface area contributed by atoms with Gasteiger partial charge in [-0.1, -0.05) is 18.2 Å². The first kappa shape index (κ1) is 18.2. The van der Waals surface area contributed by atoms with Crippen LogP contribution in [0.1, 0.15) is 21.9 Å². The van der Waals surface area contributed by atoms with E-state index in [9.17, 15) is 15.0 Å². The molecule has 0 saturated carbocycles. The lowest BCUT2D eigenvalue weighted by Gasteiger charge is -2.22. The second-order valence-electron chi connectivity index (χ2n) is 5.59. The molecule has 24 heavy (non-hydrogen) atoms. The maximum Gasteiger partial charge on any atom is 0.334 e. The number of benzene rings is 2. The summed E-state index contributed by atoms with van der Waals surface area (Å²) in [6.07, 6.45) is -1.55. The highest BCUT2D eigenvalue weighted by molar-refractivity contribution is 7.99. The Hall–Kier alpha value is -2.18. The molecule has 0 radical (unpaired) electrons. The van der Waals surface area contributed by atoms with Gasteiger partial charge in [-0.25, -0.2) is 4.79 Å². The van der Waals surface area contributed by atoms with Crippen LogP contribution in [0.3, 0.4) is 0 Å². The minimum atomic E-state index is -1.55. The van der Waals surface area contributed by atoms with Crippen LogP contribution in [0.4, 0.5) is 5.69 Å². The number of aliphatic carboxylic acids is 1. The lowest BCUT2D eigenvalue weighted by atomic mass is 10.1. The molecule has 0 aliphatic carbocycles. The highest BCUT2D eigenvalue weighted by Crippen LogP contribution is 2.42. The summed E-state index contributed by atoms with van der Waals surface area (Å²) in [6.45, 7) is 3.87. The monoisotopic (exact) mass is 347 g/mol. The van der Waals surface area contributed by atoms with Crippen molar-refractivity contribution >= 4 is 23.4 Å². The van der Waals surface area contributed by atoms with Crippen molar-refractivity contribution in [1.29, 1.82) is 0 Å². The highest BCUT2D eigenvalue weighted by Gasteiger charge is 2.29. The molecule has 0 spiro atoms. The van der Waals surface area contributed by atoms with E-state index in [0.717, 1.165) is 16.0 Å². The van der Waals surface area contributed by atoms with Gasteiger partial charge in [0.2, 0.25) is 0 Å². The van der Waals surface area contributed by atoms with Gasteiger partial charge in [0.15, 0.2) is 6.10 Å². The van der Waals surface area contributed by atoms with Gasteiger partial charge in [0.05, 0.1) is 12.4 Å². The summed E-state index contributed by atoms with van der Waals surface area (Å²) in [6, 6.07) is 10.8. The number of nitrogen functional groups attached to an aromatic ring is 1. The number of thioether (sulfide) groups is 1. The van der Waals surface area contributed by atoms with Crippen molar-refractivity contribution < 1.29 is 19.7 Å². The van der Waals surface area contributed by atoms with Crippen molar-refractivity contribution in [3.05, 3.63) is 53.1 Å². The average Bonchev–Trinajstić information content (AvgIpc) is 2.54. The molecular weight excluding hydrogens is 326 g/mol. The van der Waals surface area contributed by atoms with Crippen LogP contribution in [-0.4, -0.2) is 29.4 Å². The van der Waals surface area contributed by atoms with E-state index in [1.54, 1.807) is 31.4 Å². The van der Waals surface area contributed by atoms with Gasteiger partial charge in [0.1, 0.15) is 5.75 Å². The minimum absolute atomic E-state index is 0.577. The van der Waals surface area contributed by atoms with E-state index < -0.39 is 17.3 Å². The van der Waals surface area contributed by atoms with Crippen LogP contribution in [0, 0.1) is 13.8 Å². The largest absolute Gasteiger partial charge is 0.497 e. The molecule has 0 fully saturated rings. The molecule has 2 atom stereocenters. The fourth-order valence-corrected chi connectivity index (χ4v) is 3.75. The Labute approximate surface area is 145 Å². The Balaban J connectivity index is 2.42. The zero-order valence-corrected chi connectivity index (χ0v) is 14.6. The first-order valence-electron chi connectivity index (χ1n) is 7.41. The quantitative estimate of drug-likeness (QED) is 0.549. The molecule has 2 aromatic carbocycles. The summed E-state index contributed by atoms with van der Waals surface area (Å²) in [5, 5.41) is 18.7. The van der Waals surface area contributed by atoms with Crippen molar-refractivity contribution in [2.45, 2.75) is 30.1 Å². The van der Waals surface area contributed by atoms with Crippen molar-refractivity contribution in [2.24, 2.45) is 0 Å². The van der Waals surface area contributed by atoms with Crippen LogP contribution in [0.25, 0.3) is 0 Å². The zero-order valence-electron chi connectivity index (χ0n) is 13.8. The molecular formula is C18H21NO4S. The van der Waals surface area contributed by atoms with Crippen molar-refractivity contribution in [2.75, 3.05) is 12.8 Å². The van der Waals surface area contributed by atoms with Gasteiger partial charge < -0.3 is 20.7 Å². The first-order valence-corrected chi connectivity index (χ1v) is 8.29. The Morgan fingerprint density at radius 2 is 1.83 bits per heavy atom. The molecule has 2 aromatic rings. The summed E-state index contributed by atoms with van der Waals surface area (Å²) in [5.74, 6) is -0.606. The third kappa shape index (κ3) is 4.01. The lowest BCUT2D eigenvalue weighted by Crippen LogP contribution is -2.26. The van der Waals surface area contributed by atoms with E-state index in [1.807, 2.05) is 26.0 Å². The molecule has 6 heteroatoms. The molecule has 128 valence electrons. The Morgan fingerprint density at radius 1 is 1.21 bits per heavy atom. The normalized spacial score (nSPS) is 13.3. The summed E-state index contributed by atoms with van der Waals surface area (Å²) in [7, 11) is 1.56. The smallest absolute Gasteiger partial charge is 0.334 e. The number of aliphatic hydroxyl groups is 1. The van der Waals surface area contributed by atoms with Crippen LogP contribution in [0.2, 0.25) is 0 Å². The second kappa shape index (κ2) is 7.59. The average molecular weight is 347 g/mol. The molecule has 0 aromatic heterocycles. The predicted molar refractivity (Wildman–Crippen MR) is 95.6 cm³/mol. The number of nitrogens with two attached hydrogens (primary N) is 1. The van der Waals surface area contributed by atoms with E-state index in [2.05, 4.69) is 0 Å². The number of hydrogen-bond acceptors (Lipinski definition) is 5. The third-order valence-electron chi connectivity index (χ3n) is 3.68. The topological polar surface area (TPSA) is 92.8 Å². The van der Waals surface area contributed by atoms with Gasteiger partial charge in [-0.15, -0.1) is 11.8 Å². The number of carboxylic acids is 1. The van der Waals surface area contributed by atoms with Crippen LogP contribution >= 0.6 is 11.8 Å². The van der Waals surface area contributed by atoms with E-state index in [1.165, 1.54) is 11.8 Å². The van der Waals surface area contributed by atoms with Crippen LogP contribution in [-0.2, 0) is 4.79 Å². The van der Waals surface area contributed by atoms with Crippen LogP contribution in [0.5, 0.6) is 5.75 Å². The lowest BCUT2D eigenvalue weighted by molar-refractivity contribution is -0.146. The maximum absolute atomic E-state index is 11.3. The van der Waals surface area contributed by atoms with Crippen LogP contribution in [0.15, 0.2) is 41.3 Å². The number of methoxy groups -OCH3 is 1. The fourth-order valence-electron chi connectivity index (χ4n) is 2.51. The number of aliphatic hydroxyl groups excluding tert-OH is 1. The number of carbonyl (C=O) groups is 1. The molecule has 0 saturated heterocycles. The van der Waals surface area contributed by atoms with Gasteiger partial charge in [0.25, 0.3) is 0 Å². The van der Waals surface area contributed by atoms with Crippen molar-refractivity contribution in [1.82, 2.24) is 0 Å². The summed E-state index contributed by atoms with van der Waals surface area (Å²) < 4.78 is 5.12. The molecule has 0 amide bonds. The standard InChI is InChI=1S/C18H21NO4S/c1-10-8-11(2)16(14(19)9-10)24-17(15(20)18(21)22)12-4-6-13(23-3)7-5-12/h4-9,15,17,20H,19H2,1-3H3,(H,21,22). The van der Waals surface area contributed by atoms with Gasteiger partial charge in [-0.2, -0.15) is 0 Å². The minimum Gasteiger partial charge on any atom is -0.497 e. The second-order valence-corrected chi connectivity index (χ2v) is 6.75. The van der Waals surface area contributed by atoms with Crippen molar-refractivity contribution in [3.8, 4) is 5.75 Å². The SMILES string of the molecule is COc1ccc(C(Sc2c(C)cc(C)cc2N)C(O)C(=O)O)cc1. The third-order valence-corrected chi connectivity index (χ3v) is 5.25. The van der Waals surface area contributed by atoms with E-state index in [-0.39, 0.29) is 0 Å². The number of carboxylic acid groups (broad SMARTS) is 1. The van der Waals surface area contributed by atoms with Gasteiger partial charge >= 0.3 is 5.97 Å². The van der Waals surface area contributed by atoms with E-state index >= 15 is 0 Å². The molecule has 2 rings (SSSR count). The predicted octanol–water partition coefficient (Wildman–Crippen LogP) is 3.17. The summed E-state index contributed by atoms with van der Waals surface area (Å²) in [5.41, 5.74) is 9.36. The summed E-state index contributed by atoms with van der Waals surface area (Å²) in [4.78, 5) is 12.1. The number of hydrogen-bond donors (Lipinski definition) is 3. The first-order chi connectivity index (χ1) is 11.3. The maximum atomic E-state index is 11.3. The Morgan fingerprint density at radius 3 is 2.33 bits per heavy atom. The van der Waals surface area contributed by atoms with Crippen molar-refractivity contribution in [3.63, 3.8) is 0 Å². The Kier molecular flexibility index (Phi) is 5.75. The summed E-state index contributed by atoms with van der Waals surface area (Å²) >= 11 is 1.26. The molecule has 0 aliphatic heterocycles. The van der Waals surface area contributed by atoms with Crippen LogP contribution < -0.4 is 10.5 Å². The van der Waals surface area contributed by atoms with E-state index in [4.69, 9.17) is 10.5 Å². The molecule has 0 bridgehead atoms. The molecule has 4 N–H and O–H groups in total. The molecule has 0 heterocycles. The highest BCUT2D eigenvalue weighted by atomic mass is 32.2. The number of ether oxygens (including phenoxy) is 1. The zero-order chi connectivity index (χ0) is 17.9.